The maximum absolute atomic E-state index is 11.4. The van der Waals surface area contributed by atoms with Crippen molar-refractivity contribution in [1.29, 1.82) is 0 Å². The number of carbonyl (C=O) groups excluding carboxylic acids is 1. The molecule has 0 spiro atoms. The van der Waals surface area contributed by atoms with Crippen molar-refractivity contribution in [2.45, 2.75) is 30.6 Å². The van der Waals surface area contributed by atoms with Crippen molar-refractivity contribution in [2.75, 3.05) is 24.7 Å². The van der Waals surface area contributed by atoms with Crippen molar-refractivity contribution in [3.05, 3.63) is 10.0 Å². The molecule has 0 saturated heterocycles. The van der Waals surface area contributed by atoms with Crippen molar-refractivity contribution in [1.82, 2.24) is 4.98 Å². The standard InChI is InChI=1S/C12H17ClN2O3S2/c1-3-19-7-4-5-12(7,17)6-14-11-15-9(13)8(20-11)10(16)18-2/h7,17H,3-6H2,1-2H3,(H,14,15). The molecule has 1 heterocycles. The van der Waals surface area contributed by atoms with Crippen LogP contribution >= 0.6 is 34.7 Å². The lowest BCUT2D eigenvalue weighted by molar-refractivity contribution is -0.0120. The van der Waals surface area contributed by atoms with E-state index in [0.29, 0.717) is 11.7 Å². The second kappa shape index (κ2) is 6.51. The molecule has 2 atom stereocenters. The van der Waals surface area contributed by atoms with E-state index in [-0.39, 0.29) is 15.3 Å². The minimum atomic E-state index is -0.704. The van der Waals surface area contributed by atoms with Gasteiger partial charge in [0.2, 0.25) is 0 Å². The highest BCUT2D eigenvalue weighted by molar-refractivity contribution is 8.00. The molecule has 5 nitrogen and oxygen atoms in total. The molecule has 0 radical (unpaired) electrons. The number of ether oxygens (including phenoxy) is 1. The van der Waals surface area contributed by atoms with Crippen molar-refractivity contribution < 1.29 is 14.6 Å². The van der Waals surface area contributed by atoms with Crippen LogP contribution in [0.3, 0.4) is 0 Å². The number of aromatic nitrogens is 1. The van der Waals surface area contributed by atoms with Gasteiger partial charge in [0.25, 0.3) is 0 Å². The van der Waals surface area contributed by atoms with Gasteiger partial charge >= 0.3 is 5.97 Å². The van der Waals surface area contributed by atoms with Crippen LogP contribution in [0, 0.1) is 0 Å². The van der Waals surface area contributed by atoms with E-state index in [9.17, 15) is 9.90 Å². The number of halogens is 1. The van der Waals surface area contributed by atoms with E-state index in [1.807, 2.05) is 0 Å². The van der Waals surface area contributed by atoms with Crippen molar-refractivity contribution in [3.63, 3.8) is 0 Å². The van der Waals surface area contributed by atoms with Crippen LogP contribution in [-0.4, -0.2) is 46.3 Å². The number of carbonyl (C=O) groups is 1. The Morgan fingerprint density at radius 1 is 1.75 bits per heavy atom. The van der Waals surface area contributed by atoms with Gasteiger partial charge < -0.3 is 15.2 Å². The van der Waals surface area contributed by atoms with Gasteiger partial charge in [-0.05, 0) is 18.6 Å². The summed E-state index contributed by atoms with van der Waals surface area (Å²) < 4.78 is 4.62. The lowest BCUT2D eigenvalue weighted by Crippen LogP contribution is -2.54. The molecule has 8 heteroatoms. The van der Waals surface area contributed by atoms with E-state index >= 15 is 0 Å². The summed E-state index contributed by atoms with van der Waals surface area (Å²) in [6, 6.07) is 0. The number of nitrogens with one attached hydrogen (secondary N) is 1. The summed E-state index contributed by atoms with van der Waals surface area (Å²) in [5, 5.41) is 14.4. The Morgan fingerprint density at radius 2 is 2.50 bits per heavy atom. The van der Waals surface area contributed by atoms with Gasteiger partial charge in [-0.3, -0.25) is 0 Å². The first-order chi connectivity index (χ1) is 9.50. The quantitative estimate of drug-likeness (QED) is 0.778. The normalized spacial score (nSPS) is 25.1. The van der Waals surface area contributed by atoms with Gasteiger partial charge in [0.1, 0.15) is 0 Å². The van der Waals surface area contributed by atoms with Crippen LogP contribution in [0.15, 0.2) is 0 Å². The molecule has 1 saturated carbocycles. The molecule has 1 aromatic rings. The number of nitrogens with zero attached hydrogens (tertiary/aromatic N) is 1. The van der Waals surface area contributed by atoms with E-state index in [4.69, 9.17) is 11.6 Å². The summed E-state index contributed by atoms with van der Waals surface area (Å²) in [5.74, 6) is 0.491. The molecule has 0 aromatic carbocycles. The fourth-order valence-electron chi connectivity index (χ4n) is 2.06. The Balaban J connectivity index is 1.96. The highest BCUT2D eigenvalue weighted by Gasteiger charge is 2.45. The third kappa shape index (κ3) is 3.21. The van der Waals surface area contributed by atoms with Gasteiger partial charge in [0.15, 0.2) is 15.2 Å². The molecule has 112 valence electrons. The van der Waals surface area contributed by atoms with Gasteiger partial charge in [-0.1, -0.05) is 29.9 Å². The fourth-order valence-corrected chi connectivity index (χ4v) is 4.36. The lowest BCUT2D eigenvalue weighted by Gasteiger charge is -2.45. The first-order valence-corrected chi connectivity index (χ1v) is 8.57. The van der Waals surface area contributed by atoms with Crippen LogP contribution in [0.1, 0.15) is 29.4 Å². The summed E-state index contributed by atoms with van der Waals surface area (Å²) in [5.41, 5.74) is -0.704. The van der Waals surface area contributed by atoms with Crippen LogP contribution in [0.2, 0.25) is 5.15 Å². The average Bonchev–Trinajstić information content (AvgIpc) is 2.81. The highest BCUT2D eigenvalue weighted by atomic mass is 35.5. The third-order valence-electron chi connectivity index (χ3n) is 3.31. The zero-order valence-electron chi connectivity index (χ0n) is 11.3. The molecule has 2 N–H and O–H groups in total. The van der Waals surface area contributed by atoms with Crippen LogP contribution in [0.4, 0.5) is 5.13 Å². The predicted molar refractivity (Wildman–Crippen MR) is 83.1 cm³/mol. The summed E-state index contributed by atoms with van der Waals surface area (Å²) in [7, 11) is 1.30. The first kappa shape index (κ1) is 15.9. The smallest absolute Gasteiger partial charge is 0.351 e. The number of methoxy groups -OCH3 is 1. The molecule has 20 heavy (non-hydrogen) atoms. The Morgan fingerprint density at radius 3 is 3.05 bits per heavy atom. The van der Waals surface area contributed by atoms with Gasteiger partial charge in [0, 0.05) is 11.8 Å². The Bertz CT molecular complexity index is 497. The van der Waals surface area contributed by atoms with Gasteiger partial charge in [-0.15, -0.1) is 0 Å². The molecular weight excluding hydrogens is 320 g/mol. The van der Waals surface area contributed by atoms with Crippen LogP contribution in [0.25, 0.3) is 0 Å². The molecular formula is C12H17ClN2O3S2. The maximum Gasteiger partial charge on any atom is 0.351 e. The molecule has 1 aliphatic rings. The minimum Gasteiger partial charge on any atom is -0.465 e. The number of thiazole rings is 1. The number of hydrogen-bond acceptors (Lipinski definition) is 7. The minimum absolute atomic E-state index is 0.129. The van der Waals surface area contributed by atoms with E-state index in [1.54, 1.807) is 11.8 Å². The number of esters is 1. The second-order valence-electron chi connectivity index (χ2n) is 4.57. The van der Waals surface area contributed by atoms with Crippen LogP contribution in [0.5, 0.6) is 0 Å². The SMILES string of the molecule is CCSC1CCC1(O)CNc1nc(Cl)c(C(=O)OC)s1. The van der Waals surface area contributed by atoms with E-state index < -0.39 is 11.6 Å². The molecule has 0 aliphatic heterocycles. The fraction of sp³-hybridized carbons (Fsp3) is 0.667. The predicted octanol–water partition coefficient (Wildman–Crippen LogP) is 2.64. The number of anilines is 1. The molecule has 1 aliphatic carbocycles. The zero-order valence-corrected chi connectivity index (χ0v) is 13.7. The molecule has 1 fully saturated rings. The summed E-state index contributed by atoms with van der Waals surface area (Å²) in [6.07, 6.45) is 1.81. The van der Waals surface area contributed by atoms with Crippen molar-refractivity contribution >= 4 is 45.8 Å². The molecule has 2 unspecified atom stereocenters. The van der Waals surface area contributed by atoms with Gasteiger partial charge in [0.05, 0.1) is 12.7 Å². The number of hydrogen-bond donors (Lipinski definition) is 2. The van der Waals surface area contributed by atoms with Gasteiger partial charge in [-0.2, -0.15) is 11.8 Å². The largest absolute Gasteiger partial charge is 0.465 e. The van der Waals surface area contributed by atoms with Crippen LogP contribution < -0.4 is 5.32 Å². The van der Waals surface area contributed by atoms with Crippen molar-refractivity contribution in [2.24, 2.45) is 0 Å². The number of thioether (sulfide) groups is 1. The average molecular weight is 337 g/mol. The second-order valence-corrected chi connectivity index (χ2v) is 7.41. The van der Waals surface area contributed by atoms with E-state index in [2.05, 4.69) is 22.0 Å². The molecule has 0 amide bonds. The van der Waals surface area contributed by atoms with E-state index in [1.165, 1.54) is 7.11 Å². The maximum atomic E-state index is 11.4. The monoisotopic (exact) mass is 336 g/mol. The molecule has 2 rings (SSSR count). The molecule has 1 aromatic heterocycles. The third-order valence-corrected chi connectivity index (χ3v) is 6.10. The Labute approximate surface area is 131 Å². The van der Waals surface area contributed by atoms with Crippen molar-refractivity contribution in [3.8, 4) is 0 Å². The van der Waals surface area contributed by atoms with E-state index in [0.717, 1.165) is 29.9 Å². The zero-order chi connectivity index (χ0) is 14.8. The molecule has 0 bridgehead atoms. The topological polar surface area (TPSA) is 71.5 Å². The Kier molecular flexibility index (Phi) is 5.17. The Hall–Kier alpha value is -0.500. The van der Waals surface area contributed by atoms with Crippen LogP contribution in [-0.2, 0) is 4.74 Å². The summed E-state index contributed by atoms with van der Waals surface area (Å²) in [6.45, 7) is 2.50. The number of rotatable bonds is 6. The summed E-state index contributed by atoms with van der Waals surface area (Å²) >= 11 is 8.79. The lowest BCUT2D eigenvalue weighted by atomic mass is 9.79. The summed E-state index contributed by atoms with van der Waals surface area (Å²) in [4.78, 5) is 15.8. The number of aliphatic hydroxyl groups is 1. The first-order valence-electron chi connectivity index (χ1n) is 6.32. The van der Waals surface area contributed by atoms with Gasteiger partial charge in [-0.25, -0.2) is 9.78 Å². The highest BCUT2D eigenvalue weighted by Crippen LogP contribution is 2.41.